The van der Waals surface area contributed by atoms with E-state index < -0.39 is 17.4 Å². The van der Waals surface area contributed by atoms with E-state index in [4.69, 9.17) is 0 Å². The van der Waals surface area contributed by atoms with Gasteiger partial charge in [-0.05, 0) is 5.56 Å². The second-order valence-corrected chi connectivity index (χ2v) is 5.04. The summed E-state index contributed by atoms with van der Waals surface area (Å²) in [5, 5.41) is 3.62. The van der Waals surface area contributed by atoms with Crippen LogP contribution in [0.1, 0.15) is 21.6 Å². The first-order valence-electron chi connectivity index (χ1n) is 5.69. The van der Waals surface area contributed by atoms with Crippen LogP contribution in [-0.4, -0.2) is 16.1 Å². The topological polar surface area (TPSA) is 34.9 Å². The standard InChI is InChI=1S/C13H11F3N2OS/c1-18-12(20-8-9-5-3-2-4-6-9)10(7-19)11(17-18)13(14,15)16/h2-7H,8H2,1H3. The van der Waals surface area contributed by atoms with Gasteiger partial charge in [-0.15, -0.1) is 11.8 Å². The summed E-state index contributed by atoms with van der Waals surface area (Å²) in [4.78, 5) is 11.0. The van der Waals surface area contributed by atoms with Crippen LogP contribution in [0.25, 0.3) is 0 Å². The zero-order valence-corrected chi connectivity index (χ0v) is 11.3. The van der Waals surface area contributed by atoms with E-state index in [1.165, 1.54) is 7.05 Å². The lowest BCUT2D eigenvalue weighted by atomic mass is 10.2. The third kappa shape index (κ3) is 3.04. The molecule has 20 heavy (non-hydrogen) atoms. The molecule has 0 aliphatic rings. The molecule has 0 spiro atoms. The number of aldehydes is 1. The first kappa shape index (κ1) is 14.6. The van der Waals surface area contributed by atoms with Crippen molar-refractivity contribution in [1.29, 1.82) is 0 Å². The summed E-state index contributed by atoms with van der Waals surface area (Å²) >= 11 is 1.16. The number of carbonyl (C=O) groups is 1. The maximum atomic E-state index is 12.7. The largest absolute Gasteiger partial charge is 0.435 e. The van der Waals surface area contributed by atoms with Gasteiger partial charge >= 0.3 is 6.18 Å². The fraction of sp³-hybridized carbons (Fsp3) is 0.231. The Morgan fingerprint density at radius 1 is 1.30 bits per heavy atom. The van der Waals surface area contributed by atoms with Gasteiger partial charge in [0.25, 0.3) is 0 Å². The van der Waals surface area contributed by atoms with Gasteiger partial charge in [0, 0.05) is 12.8 Å². The molecular weight excluding hydrogens is 289 g/mol. The molecule has 1 aromatic carbocycles. The second kappa shape index (κ2) is 5.70. The van der Waals surface area contributed by atoms with Crippen molar-refractivity contribution in [1.82, 2.24) is 9.78 Å². The van der Waals surface area contributed by atoms with Crippen LogP contribution < -0.4 is 0 Å². The van der Waals surface area contributed by atoms with Crippen molar-refractivity contribution in [3.8, 4) is 0 Å². The van der Waals surface area contributed by atoms with Crippen molar-refractivity contribution in [3.63, 3.8) is 0 Å². The summed E-state index contributed by atoms with van der Waals surface area (Å²) in [5.41, 5.74) is -0.574. The normalized spacial score (nSPS) is 11.6. The Morgan fingerprint density at radius 2 is 1.95 bits per heavy atom. The molecule has 0 atom stereocenters. The molecule has 0 radical (unpaired) electrons. The Hall–Kier alpha value is -1.76. The number of carbonyl (C=O) groups excluding carboxylic acids is 1. The first-order chi connectivity index (χ1) is 9.43. The molecule has 0 amide bonds. The minimum Gasteiger partial charge on any atom is -0.298 e. The molecule has 0 aliphatic carbocycles. The predicted octanol–water partition coefficient (Wildman–Crippen LogP) is 3.54. The van der Waals surface area contributed by atoms with Gasteiger partial charge in [0.1, 0.15) is 5.03 Å². The van der Waals surface area contributed by atoms with Crippen molar-refractivity contribution in [2.75, 3.05) is 0 Å². The molecule has 1 aromatic heterocycles. The molecule has 3 nitrogen and oxygen atoms in total. The van der Waals surface area contributed by atoms with Gasteiger partial charge in [0.15, 0.2) is 12.0 Å². The summed E-state index contributed by atoms with van der Waals surface area (Å²) in [5.74, 6) is 0.471. The van der Waals surface area contributed by atoms with Crippen molar-refractivity contribution < 1.29 is 18.0 Å². The van der Waals surface area contributed by atoms with Gasteiger partial charge < -0.3 is 0 Å². The summed E-state index contributed by atoms with van der Waals surface area (Å²) in [6.45, 7) is 0. The summed E-state index contributed by atoms with van der Waals surface area (Å²) < 4.78 is 39.3. The third-order valence-electron chi connectivity index (χ3n) is 2.63. The number of thioether (sulfide) groups is 1. The van der Waals surface area contributed by atoms with E-state index in [1.807, 2.05) is 30.3 Å². The van der Waals surface area contributed by atoms with Gasteiger partial charge in [-0.2, -0.15) is 18.3 Å². The highest BCUT2D eigenvalue weighted by atomic mass is 32.2. The van der Waals surface area contributed by atoms with Gasteiger partial charge in [-0.1, -0.05) is 30.3 Å². The Labute approximate surface area is 117 Å². The lowest BCUT2D eigenvalue weighted by Gasteiger charge is -2.04. The highest BCUT2D eigenvalue weighted by Gasteiger charge is 2.38. The minimum atomic E-state index is -4.63. The molecule has 0 bridgehead atoms. The van der Waals surface area contributed by atoms with Crippen LogP contribution in [0.5, 0.6) is 0 Å². The zero-order chi connectivity index (χ0) is 14.8. The molecule has 0 unspecified atom stereocenters. The molecule has 106 valence electrons. The molecule has 0 fully saturated rings. The third-order valence-corrected chi connectivity index (χ3v) is 3.87. The predicted molar refractivity (Wildman–Crippen MR) is 69.6 cm³/mol. The lowest BCUT2D eigenvalue weighted by Crippen LogP contribution is -2.09. The number of rotatable bonds is 4. The fourth-order valence-electron chi connectivity index (χ4n) is 1.74. The molecule has 0 aliphatic heterocycles. The highest BCUT2D eigenvalue weighted by Crippen LogP contribution is 2.35. The smallest absolute Gasteiger partial charge is 0.298 e. The van der Waals surface area contributed by atoms with Crippen LogP contribution in [0.3, 0.4) is 0 Å². The molecule has 1 heterocycles. The average Bonchev–Trinajstić information content (AvgIpc) is 2.74. The lowest BCUT2D eigenvalue weighted by molar-refractivity contribution is -0.141. The van der Waals surface area contributed by atoms with Crippen molar-refractivity contribution >= 4 is 18.0 Å². The van der Waals surface area contributed by atoms with Crippen molar-refractivity contribution in [2.24, 2.45) is 7.05 Å². The van der Waals surface area contributed by atoms with Crippen LogP contribution in [-0.2, 0) is 19.0 Å². The fourth-order valence-corrected chi connectivity index (χ4v) is 2.76. The molecule has 2 rings (SSSR count). The zero-order valence-electron chi connectivity index (χ0n) is 10.5. The maximum Gasteiger partial charge on any atom is 0.435 e. The first-order valence-corrected chi connectivity index (χ1v) is 6.68. The van der Waals surface area contributed by atoms with E-state index in [9.17, 15) is 18.0 Å². The van der Waals surface area contributed by atoms with Crippen LogP contribution >= 0.6 is 11.8 Å². The molecule has 0 saturated carbocycles. The van der Waals surface area contributed by atoms with E-state index in [1.54, 1.807) is 0 Å². The number of alkyl halides is 3. The quantitative estimate of drug-likeness (QED) is 0.640. The van der Waals surface area contributed by atoms with Gasteiger partial charge in [0.05, 0.1) is 5.56 Å². The Kier molecular flexibility index (Phi) is 4.17. The SMILES string of the molecule is Cn1nc(C(F)(F)F)c(C=O)c1SCc1ccccc1. The Balaban J connectivity index is 2.28. The maximum absolute atomic E-state index is 12.7. The van der Waals surface area contributed by atoms with Gasteiger partial charge in [0.2, 0.25) is 0 Å². The van der Waals surface area contributed by atoms with Crippen LogP contribution in [0, 0.1) is 0 Å². The number of hydrogen-bond donors (Lipinski definition) is 0. The van der Waals surface area contributed by atoms with Crippen molar-refractivity contribution in [2.45, 2.75) is 17.0 Å². The average molecular weight is 300 g/mol. The van der Waals surface area contributed by atoms with E-state index in [2.05, 4.69) is 5.10 Å². The minimum absolute atomic E-state index is 0.211. The van der Waals surface area contributed by atoms with E-state index in [0.29, 0.717) is 5.75 Å². The highest BCUT2D eigenvalue weighted by molar-refractivity contribution is 7.98. The molecule has 2 aromatic rings. The molecular formula is C13H11F3N2OS. The van der Waals surface area contributed by atoms with Crippen LogP contribution in [0.15, 0.2) is 35.4 Å². The molecule has 7 heteroatoms. The summed E-state index contributed by atoms with van der Waals surface area (Å²) in [6, 6.07) is 9.29. The number of halogens is 3. The van der Waals surface area contributed by atoms with E-state index >= 15 is 0 Å². The number of nitrogens with zero attached hydrogens (tertiary/aromatic N) is 2. The molecule has 0 saturated heterocycles. The number of aryl methyl sites for hydroxylation is 1. The van der Waals surface area contributed by atoms with Crippen LogP contribution in [0.4, 0.5) is 13.2 Å². The summed E-state index contributed by atoms with van der Waals surface area (Å²) in [7, 11) is 1.40. The molecule has 0 N–H and O–H groups in total. The number of hydrogen-bond acceptors (Lipinski definition) is 3. The van der Waals surface area contributed by atoms with E-state index in [0.717, 1.165) is 22.0 Å². The van der Waals surface area contributed by atoms with Crippen LogP contribution in [0.2, 0.25) is 0 Å². The van der Waals surface area contributed by atoms with Crippen molar-refractivity contribution in [3.05, 3.63) is 47.2 Å². The second-order valence-electron chi connectivity index (χ2n) is 4.08. The number of benzene rings is 1. The van der Waals surface area contributed by atoms with Gasteiger partial charge in [-0.3, -0.25) is 9.48 Å². The van der Waals surface area contributed by atoms with E-state index in [-0.39, 0.29) is 11.3 Å². The Morgan fingerprint density at radius 3 is 2.50 bits per heavy atom. The van der Waals surface area contributed by atoms with Gasteiger partial charge in [-0.25, -0.2) is 0 Å². The monoisotopic (exact) mass is 300 g/mol. The summed E-state index contributed by atoms with van der Waals surface area (Å²) in [6.07, 6.45) is -4.41. The Bertz CT molecular complexity index is 608. The number of aromatic nitrogens is 2.